The van der Waals surface area contributed by atoms with Gasteiger partial charge in [0.25, 0.3) is 5.69 Å². The number of aromatic nitrogens is 1. The van der Waals surface area contributed by atoms with Gasteiger partial charge in [0, 0.05) is 37.1 Å². The van der Waals surface area contributed by atoms with Crippen LogP contribution in [-0.2, 0) is 29.7 Å². The number of non-ortho nitro benzene ring substituents is 1. The average Bonchev–Trinajstić information content (AvgIpc) is 3.27. The van der Waals surface area contributed by atoms with Crippen molar-refractivity contribution in [1.82, 2.24) is 8.87 Å². The van der Waals surface area contributed by atoms with E-state index >= 15 is 0 Å². The van der Waals surface area contributed by atoms with E-state index in [1.807, 2.05) is 65.4 Å². The molecule has 1 heterocycles. The minimum absolute atomic E-state index is 0.0195. The molecule has 4 rings (SSSR count). The molecule has 8 heteroatoms. The number of nitrogens with zero attached hydrogens (tertiary/aromatic N) is 3. The summed E-state index contributed by atoms with van der Waals surface area (Å²) in [7, 11) is -3.92. The number of hydrogen-bond acceptors (Lipinski definition) is 4. The van der Waals surface area contributed by atoms with E-state index in [0.29, 0.717) is 6.54 Å². The number of nitro groups is 1. The smallest absolute Gasteiger partial charge is 0.269 e. The third kappa shape index (κ3) is 5.24. The van der Waals surface area contributed by atoms with Gasteiger partial charge < -0.3 is 4.57 Å². The Morgan fingerprint density at radius 2 is 1.53 bits per heavy atom. The lowest BCUT2D eigenvalue weighted by Gasteiger charge is -2.23. The van der Waals surface area contributed by atoms with Crippen molar-refractivity contribution in [2.24, 2.45) is 0 Å². The van der Waals surface area contributed by atoms with Gasteiger partial charge in [-0.3, -0.25) is 10.1 Å². The lowest BCUT2D eigenvalue weighted by Crippen LogP contribution is -2.31. The van der Waals surface area contributed by atoms with Gasteiger partial charge in [0.05, 0.1) is 16.4 Å². The summed E-state index contributed by atoms with van der Waals surface area (Å²) >= 11 is 0. The molecule has 0 atom stereocenters. The zero-order valence-electron chi connectivity index (χ0n) is 18.7. The fraction of sp³-hybridized carbons (Fsp3) is 0.154. The fourth-order valence-corrected chi connectivity index (χ4v) is 5.20. The summed E-state index contributed by atoms with van der Waals surface area (Å²) in [5.74, 6) is 0. The van der Waals surface area contributed by atoms with Crippen LogP contribution in [0, 0.1) is 17.0 Å². The molecule has 0 spiro atoms. The lowest BCUT2D eigenvalue weighted by atomic mass is 10.1. The summed E-state index contributed by atoms with van der Waals surface area (Å²) in [5, 5.41) is 11.0. The second-order valence-electron chi connectivity index (χ2n) is 8.06. The van der Waals surface area contributed by atoms with E-state index < -0.39 is 14.9 Å². The van der Waals surface area contributed by atoms with Crippen LogP contribution in [0.25, 0.3) is 0 Å². The van der Waals surface area contributed by atoms with Crippen LogP contribution in [0.5, 0.6) is 0 Å². The van der Waals surface area contributed by atoms with Crippen LogP contribution in [0.4, 0.5) is 5.69 Å². The van der Waals surface area contributed by atoms with Gasteiger partial charge in [-0.25, -0.2) is 8.42 Å². The quantitative estimate of drug-likeness (QED) is 0.248. The molecule has 3 aromatic carbocycles. The molecule has 0 N–H and O–H groups in total. The molecule has 174 valence electrons. The maximum absolute atomic E-state index is 13.6. The summed E-state index contributed by atoms with van der Waals surface area (Å²) in [6.45, 7) is 3.02. The first-order valence-electron chi connectivity index (χ1n) is 10.8. The Balaban J connectivity index is 1.67. The number of aryl methyl sites for hydroxylation is 1. The van der Waals surface area contributed by atoms with Gasteiger partial charge in [0.2, 0.25) is 10.0 Å². The molecular weight excluding hydrogens is 450 g/mol. The molecule has 0 saturated carbocycles. The topological polar surface area (TPSA) is 85.5 Å². The van der Waals surface area contributed by atoms with Gasteiger partial charge >= 0.3 is 0 Å². The third-order valence-electron chi connectivity index (χ3n) is 5.75. The Hall–Kier alpha value is -3.75. The summed E-state index contributed by atoms with van der Waals surface area (Å²) < 4.78 is 30.7. The van der Waals surface area contributed by atoms with Crippen LogP contribution < -0.4 is 0 Å². The summed E-state index contributed by atoms with van der Waals surface area (Å²) in [5.41, 5.74) is 3.88. The molecule has 4 aromatic rings. The molecule has 0 saturated heterocycles. The van der Waals surface area contributed by atoms with Gasteiger partial charge in [-0.15, -0.1) is 0 Å². The molecule has 0 aliphatic heterocycles. The van der Waals surface area contributed by atoms with Crippen molar-refractivity contribution in [1.29, 1.82) is 0 Å². The van der Waals surface area contributed by atoms with E-state index in [1.165, 1.54) is 34.1 Å². The predicted octanol–water partition coefficient (Wildman–Crippen LogP) is 5.14. The highest BCUT2D eigenvalue weighted by Crippen LogP contribution is 2.24. The molecule has 1 aromatic heterocycles. The highest BCUT2D eigenvalue weighted by atomic mass is 32.2. The zero-order valence-corrected chi connectivity index (χ0v) is 19.6. The van der Waals surface area contributed by atoms with E-state index in [0.717, 1.165) is 16.8 Å². The van der Waals surface area contributed by atoms with Crippen LogP contribution in [0.3, 0.4) is 0 Å². The average molecular weight is 476 g/mol. The van der Waals surface area contributed by atoms with Crippen LogP contribution in [0.2, 0.25) is 0 Å². The SMILES string of the molecule is Cc1ccccc1Cn1cccc1CN(Cc1ccccc1)S(=O)(=O)c1ccc([N+](=O)[O-])cc1. The molecule has 7 nitrogen and oxygen atoms in total. The Bertz CT molecular complexity index is 1380. The van der Waals surface area contributed by atoms with E-state index in [1.54, 1.807) is 0 Å². The Labute approximate surface area is 199 Å². The van der Waals surface area contributed by atoms with Gasteiger partial charge in [-0.2, -0.15) is 4.31 Å². The predicted molar refractivity (Wildman–Crippen MR) is 131 cm³/mol. The maximum atomic E-state index is 13.6. The van der Waals surface area contributed by atoms with E-state index in [9.17, 15) is 18.5 Å². The maximum Gasteiger partial charge on any atom is 0.269 e. The molecule has 0 aliphatic rings. The Kier molecular flexibility index (Phi) is 6.90. The second kappa shape index (κ2) is 10.0. The van der Waals surface area contributed by atoms with Gasteiger partial charge in [0.1, 0.15) is 0 Å². The number of rotatable bonds is 9. The van der Waals surface area contributed by atoms with Gasteiger partial charge in [0.15, 0.2) is 0 Å². The van der Waals surface area contributed by atoms with Gasteiger partial charge in [-0.05, 0) is 47.9 Å². The van der Waals surface area contributed by atoms with Crippen molar-refractivity contribution in [2.75, 3.05) is 0 Å². The summed E-state index contributed by atoms with van der Waals surface area (Å²) in [6, 6.07) is 26.3. The molecule has 0 amide bonds. The molecule has 0 radical (unpaired) electrons. The van der Waals surface area contributed by atoms with Crippen LogP contribution in [-0.4, -0.2) is 22.2 Å². The third-order valence-corrected chi connectivity index (χ3v) is 7.56. The number of benzene rings is 3. The number of nitro benzene ring substituents is 1. The summed E-state index contributed by atoms with van der Waals surface area (Å²) in [6.07, 6.45) is 1.95. The van der Waals surface area contributed by atoms with E-state index in [2.05, 4.69) is 19.1 Å². The van der Waals surface area contributed by atoms with Crippen molar-refractivity contribution in [3.8, 4) is 0 Å². The van der Waals surface area contributed by atoms with Crippen molar-refractivity contribution < 1.29 is 13.3 Å². The van der Waals surface area contributed by atoms with Crippen molar-refractivity contribution >= 4 is 15.7 Å². The van der Waals surface area contributed by atoms with Crippen molar-refractivity contribution in [2.45, 2.75) is 31.5 Å². The van der Waals surface area contributed by atoms with Crippen LogP contribution in [0.15, 0.2) is 102 Å². The van der Waals surface area contributed by atoms with Crippen molar-refractivity contribution in [3.63, 3.8) is 0 Å². The standard InChI is InChI=1S/C26H25N3O4S/c1-21-8-5-6-11-23(21)19-27-17-7-12-25(27)20-28(18-22-9-3-2-4-10-22)34(32,33)26-15-13-24(14-16-26)29(30)31/h2-17H,18-20H2,1H3. The molecule has 0 bridgehead atoms. The minimum atomic E-state index is -3.92. The normalized spacial score (nSPS) is 11.6. The first-order chi connectivity index (χ1) is 16.3. The monoisotopic (exact) mass is 475 g/mol. The van der Waals surface area contributed by atoms with E-state index in [4.69, 9.17) is 0 Å². The number of sulfonamides is 1. The largest absolute Gasteiger partial charge is 0.346 e. The van der Waals surface area contributed by atoms with Gasteiger partial charge in [-0.1, -0.05) is 54.6 Å². The Morgan fingerprint density at radius 1 is 0.853 bits per heavy atom. The van der Waals surface area contributed by atoms with Crippen molar-refractivity contribution in [3.05, 3.63) is 130 Å². The number of hydrogen-bond donors (Lipinski definition) is 0. The molecule has 34 heavy (non-hydrogen) atoms. The first kappa shape index (κ1) is 23.4. The Morgan fingerprint density at radius 3 is 2.21 bits per heavy atom. The molecular formula is C26H25N3O4S. The van der Waals surface area contributed by atoms with E-state index in [-0.39, 0.29) is 23.7 Å². The first-order valence-corrected chi connectivity index (χ1v) is 12.3. The fourth-order valence-electron chi connectivity index (χ4n) is 3.80. The zero-order chi connectivity index (χ0) is 24.1. The summed E-state index contributed by atoms with van der Waals surface area (Å²) in [4.78, 5) is 10.5. The molecule has 0 fully saturated rings. The van der Waals surface area contributed by atoms with Crippen LogP contribution >= 0.6 is 0 Å². The second-order valence-corrected chi connectivity index (χ2v) is 10.0. The van der Waals surface area contributed by atoms with Crippen LogP contribution in [0.1, 0.15) is 22.4 Å². The highest BCUT2D eigenvalue weighted by Gasteiger charge is 2.26. The lowest BCUT2D eigenvalue weighted by molar-refractivity contribution is -0.384. The molecule has 0 aliphatic carbocycles. The minimum Gasteiger partial charge on any atom is -0.346 e. The highest BCUT2D eigenvalue weighted by molar-refractivity contribution is 7.89. The molecule has 0 unspecified atom stereocenters.